The largest absolute Gasteiger partial charge is 0.368 e. The Morgan fingerprint density at radius 1 is 1.31 bits per heavy atom. The van der Waals surface area contributed by atoms with Gasteiger partial charge in [-0.25, -0.2) is 9.97 Å². The number of halogens is 1. The second-order valence-corrected chi connectivity index (χ2v) is 5.59. The molecule has 3 rings (SSSR count). The van der Waals surface area contributed by atoms with Gasteiger partial charge in [0.1, 0.15) is 11.3 Å². The number of fused-ring (bicyclic) bond motifs is 1. The minimum Gasteiger partial charge on any atom is -0.368 e. The van der Waals surface area contributed by atoms with Crippen LogP contribution in [0.15, 0.2) is 0 Å². The summed E-state index contributed by atoms with van der Waals surface area (Å²) < 4.78 is 5.67. The molecule has 1 fully saturated rings. The molecule has 1 atom stereocenters. The predicted molar refractivity (Wildman–Crippen MR) is 65.1 cm³/mol. The zero-order chi connectivity index (χ0) is 11.0. The van der Waals surface area contributed by atoms with Crippen molar-refractivity contribution in [2.45, 2.75) is 25.4 Å². The van der Waals surface area contributed by atoms with Crippen molar-refractivity contribution < 1.29 is 4.74 Å². The standard InChI is InChI=1S/C11H13ClN2OS/c12-10-7-2-1-3-8(7)13-11(14-10)9-6-16-5-4-15-9/h9H,1-6H2. The molecule has 1 aromatic rings. The lowest BCUT2D eigenvalue weighted by atomic mass is 10.2. The lowest BCUT2D eigenvalue weighted by Crippen LogP contribution is -2.19. The van der Waals surface area contributed by atoms with Crippen molar-refractivity contribution in [2.75, 3.05) is 18.1 Å². The quantitative estimate of drug-likeness (QED) is 0.723. The molecule has 0 radical (unpaired) electrons. The van der Waals surface area contributed by atoms with E-state index in [1.54, 1.807) is 0 Å². The minimum absolute atomic E-state index is 0.0298. The van der Waals surface area contributed by atoms with Crippen LogP contribution in [0.4, 0.5) is 0 Å². The Balaban J connectivity index is 1.92. The van der Waals surface area contributed by atoms with Gasteiger partial charge < -0.3 is 4.74 Å². The van der Waals surface area contributed by atoms with Crippen LogP contribution < -0.4 is 0 Å². The van der Waals surface area contributed by atoms with Crippen molar-refractivity contribution in [1.29, 1.82) is 0 Å². The number of nitrogens with zero attached hydrogens (tertiary/aromatic N) is 2. The summed E-state index contributed by atoms with van der Waals surface area (Å²) in [5, 5.41) is 0.636. The van der Waals surface area contributed by atoms with E-state index in [0.29, 0.717) is 5.15 Å². The van der Waals surface area contributed by atoms with Gasteiger partial charge in [0.15, 0.2) is 5.82 Å². The van der Waals surface area contributed by atoms with Crippen LogP contribution in [0.5, 0.6) is 0 Å². The van der Waals surface area contributed by atoms with Gasteiger partial charge in [0.25, 0.3) is 0 Å². The molecule has 2 aliphatic rings. The molecule has 1 aliphatic carbocycles. The van der Waals surface area contributed by atoms with E-state index >= 15 is 0 Å². The Labute approximate surface area is 104 Å². The molecular weight excluding hydrogens is 244 g/mol. The number of aromatic nitrogens is 2. The van der Waals surface area contributed by atoms with Crippen molar-refractivity contribution in [2.24, 2.45) is 0 Å². The third-order valence-corrected chi connectivity index (χ3v) is 4.31. The maximum absolute atomic E-state index is 6.18. The fraction of sp³-hybridized carbons (Fsp3) is 0.636. The van der Waals surface area contributed by atoms with E-state index in [2.05, 4.69) is 9.97 Å². The second-order valence-electron chi connectivity index (χ2n) is 4.09. The van der Waals surface area contributed by atoms with Crippen molar-refractivity contribution >= 4 is 23.4 Å². The number of rotatable bonds is 1. The van der Waals surface area contributed by atoms with Crippen molar-refractivity contribution in [3.63, 3.8) is 0 Å². The van der Waals surface area contributed by atoms with Crippen LogP contribution in [-0.2, 0) is 17.6 Å². The van der Waals surface area contributed by atoms with Crippen molar-refractivity contribution in [3.05, 3.63) is 22.2 Å². The molecule has 1 aromatic heterocycles. The van der Waals surface area contributed by atoms with E-state index in [1.807, 2.05) is 11.8 Å². The van der Waals surface area contributed by atoms with E-state index in [0.717, 1.165) is 54.5 Å². The highest BCUT2D eigenvalue weighted by Crippen LogP contribution is 2.30. The van der Waals surface area contributed by atoms with Crippen LogP contribution in [-0.4, -0.2) is 28.1 Å². The van der Waals surface area contributed by atoms with Crippen LogP contribution in [0.2, 0.25) is 5.15 Å². The van der Waals surface area contributed by atoms with E-state index in [4.69, 9.17) is 16.3 Å². The summed E-state index contributed by atoms with van der Waals surface area (Å²) in [6.45, 7) is 0.785. The monoisotopic (exact) mass is 256 g/mol. The number of thioether (sulfide) groups is 1. The summed E-state index contributed by atoms with van der Waals surface area (Å²) >= 11 is 8.07. The number of ether oxygens (including phenoxy) is 1. The highest BCUT2D eigenvalue weighted by Gasteiger charge is 2.24. The first kappa shape index (κ1) is 10.8. The van der Waals surface area contributed by atoms with Crippen LogP contribution in [0, 0.1) is 0 Å². The molecule has 5 heteroatoms. The van der Waals surface area contributed by atoms with E-state index in [-0.39, 0.29) is 6.10 Å². The van der Waals surface area contributed by atoms with Crippen LogP contribution in [0.25, 0.3) is 0 Å². The summed E-state index contributed by atoms with van der Waals surface area (Å²) in [6, 6.07) is 0. The molecule has 0 bridgehead atoms. The first-order valence-corrected chi connectivity index (χ1v) is 7.12. The Kier molecular flexibility index (Phi) is 3.05. The minimum atomic E-state index is 0.0298. The summed E-state index contributed by atoms with van der Waals surface area (Å²) in [6.07, 6.45) is 3.23. The molecule has 1 unspecified atom stereocenters. The first-order chi connectivity index (χ1) is 7.84. The van der Waals surface area contributed by atoms with Gasteiger partial charge in [-0.3, -0.25) is 0 Å². The average Bonchev–Trinajstić information content (AvgIpc) is 2.79. The maximum atomic E-state index is 6.18. The first-order valence-electron chi connectivity index (χ1n) is 5.59. The summed E-state index contributed by atoms with van der Waals surface area (Å²) in [5.74, 6) is 2.78. The number of aryl methyl sites for hydroxylation is 1. The molecule has 86 valence electrons. The lowest BCUT2D eigenvalue weighted by Gasteiger charge is -2.21. The van der Waals surface area contributed by atoms with Crippen LogP contribution in [0.1, 0.15) is 29.6 Å². The fourth-order valence-corrected chi connectivity index (χ4v) is 3.32. The molecule has 2 heterocycles. The van der Waals surface area contributed by atoms with E-state index in [1.165, 1.54) is 0 Å². The predicted octanol–water partition coefficient (Wildman–Crippen LogP) is 2.42. The Hall–Kier alpha value is -0.320. The molecule has 1 aliphatic heterocycles. The molecule has 16 heavy (non-hydrogen) atoms. The maximum Gasteiger partial charge on any atom is 0.159 e. The lowest BCUT2D eigenvalue weighted by molar-refractivity contribution is 0.0693. The third-order valence-electron chi connectivity index (χ3n) is 3.00. The topological polar surface area (TPSA) is 35.0 Å². The van der Waals surface area contributed by atoms with Gasteiger partial charge in [-0.15, -0.1) is 0 Å². The zero-order valence-electron chi connectivity index (χ0n) is 8.91. The smallest absolute Gasteiger partial charge is 0.159 e. The number of hydrogen-bond donors (Lipinski definition) is 0. The van der Waals surface area contributed by atoms with Crippen molar-refractivity contribution in [1.82, 2.24) is 9.97 Å². The fourth-order valence-electron chi connectivity index (χ4n) is 2.19. The molecule has 0 N–H and O–H groups in total. The summed E-state index contributed by atoms with van der Waals surface area (Å²) in [7, 11) is 0. The van der Waals surface area contributed by atoms with Gasteiger partial charge in [-0.05, 0) is 19.3 Å². The van der Waals surface area contributed by atoms with Gasteiger partial charge in [0, 0.05) is 22.8 Å². The molecule has 3 nitrogen and oxygen atoms in total. The molecule has 0 aromatic carbocycles. The molecule has 0 amide bonds. The molecule has 0 saturated carbocycles. The third kappa shape index (κ3) is 1.94. The highest BCUT2D eigenvalue weighted by molar-refractivity contribution is 7.99. The van der Waals surface area contributed by atoms with Gasteiger partial charge in [-0.2, -0.15) is 11.8 Å². The van der Waals surface area contributed by atoms with Gasteiger partial charge in [0.05, 0.1) is 6.61 Å². The SMILES string of the molecule is Clc1nc(C2CSCCO2)nc2c1CCC2. The van der Waals surface area contributed by atoms with Crippen molar-refractivity contribution in [3.8, 4) is 0 Å². The van der Waals surface area contributed by atoms with Crippen LogP contribution >= 0.6 is 23.4 Å². The summed E-state index contributed by atoms with van der Waals surface area (Å²) in [4.78, 5) is 8.99. The Bertz CT molecular complexity index is 407. The zero-order valence-corrected chi connectivity index (χ0v) is 10.5. The molecule has 1 saturated heterocycles. The molecule has 0 spiro atoms. The Morgan fingerprint density at radius 2 is 2.25 bits per heavy atom. The normalized spacial score (nSPS) is 24.4. The second kappa shape index (κ2) is 4.51. The van der Waals surface area contributed by atoms with E-state index < -0.39 is 0 Å². The van der Waals surface area contributed by atoms with E-state index in [9.17, 15) is 0 Å². The highest BCUT2D eigenvalue weighted by atomic mass is 35.5. The summed E-state index contributed by atoms with van der Waals surface area (Å²) in [5.41, 5.74) is 2.28. The van der Waals surface area contributed by atoms with Gasteiger partial charge in [-0.1, -0.05) is 11.6 Å². The van der Waals surface area contributed by atoms with Crippen LogP contribution in [0.3, 0.4) is 0 Å². The molecular formula is C11H13ClN2OS. The average molecular weight is 257 g/mol. The van der Waals surface area contributed by atoms with Gasteiger partial charge in [0.2, 0.25) is 0 Å². The van der Waals surface area contributed by atoms with Gasteiger partial charge >= 0.3 is 0 Å². The number of hydrogen-bond acceptors (Lipinski definition) is 4. The Morgan fingerprint density at radius 3 is 3.06 bits per heavy atom.